The van der Waals surface area contributed by atoms with E-state index >= 15 is 0 Å². The Hall–Kier alpha value is -3.08. The normalized spacial score (nSPS) is 11.2. The number of anilines is 2. The molecule has 0 aliphatic heterocycles. The van der Waals surface area contributed by atoms with E-state index in [9.17, 15) is 0 Å². The number of benzene rings is 2. The van der Waals surface area contributed by atoms with Gasteiger partial charge in [0.1, 0.15) is 22.8 Å². The van der Waals surface area contributed by atoms with Crippen molar-refractivity contribution < 1.29 is 9.47 Å². The number of nitrogens with one attached hydrogen (secondary N) is 1. The zero-order valence-electron chi connectivity index (χ0n) is 13.7. The molecule has 0 radical (unpaired) electrons. The van der Waals surface area contributed by atoms with Crippen molar-refractivity contribution >= 4 is 11.4 Å². The minimum absolute atomic E-state index is 0.447. The monoisotopic (exact) mass is 323 g/mol. The van der Waals surface area contributed by atoms with Crippen LogP contribution >= 0.6 is 0 Å². The molecule has 1 aromatic heterocycles. The molecule has 0 bridgehead atoms. The molecule has 0 spiro atoms. The van der Waals surface area contributed by atoms with Gasteiger partial charge in [0.15, 0.2) is 0 Å². The van der Waals surface area contributed by atoms with Gasteiger partial charge in [-0.25, -0.2) is 0 Å². The van der Waals surface area contributed by atoms with Gasteiger partial charge in [0.05, 0.1) is 17.1 Å². The Bertz CT molecular complexity index is 809. The minimum atomic E-state index is -0.447. The number of aromatic nitrogens is 1. The molecule has 0 aliphatic carbocycles. The van der Waals surface area contributed by atoms with Gasteiger partial charge in [-0.1, -0.05) is 0 Å². The van der Waals surface area contributed by atoms with Crippen molar-refractivity contribution in [3.8, 4) is 17.2 Å². The highest BCUT2D eigenvalue weighted by molar-refractivity contribution is 5.65. The summed E-state index contributed by atoms with van der Waals surface area (Å²) >= 11 is 0. The zero-order valence-corrected chi connectivity index (χ0v) is 13.7. The van der Waals surface area contributed by atoms with Gasteiger partial charge < -0.3 is 25.9 Å². The van der Waals surface area contributed by atoms with E-state index in [-0.39, 0.29) is 0 Å². The highest BCUT2D eigenvalue weighted by atomic mass is 16.5. The second-order valence-electron chi connectivity index (χ2n) is 6.06. The fourth-order valence-electron chi connectivity index (χ4n) is 2.38. The Morgan fingerprint density at radius 1 is 0.833 bits per heavy atom. The summed E-state index contributed by atoms with van der Waals surface area (Å²) in [4.78, 5) is 3.18. The average molecular weight is 323 g/mol. The largest absolute Gasteiger partial charge is 0.482 e. The van der Waals surface area contributed by atoms with Gasteiger partial charge >= 0.3 is 0 Å². The van der Waals surface area contributed by atoms with Crippen molar-refractivity contribution in [2.45, 2.75) is 19.4 Å². The first kappa shape index (κ1) is 15.8. The number of hydrogen-bond donors (Lipinski definition) is 3. The molecular formula is C19H21N3O2. The molecule has 3 rings (SSSR count). The lowest BCUT2D eigenvalue weighted by molar-refractivity contribution is 0.104. The third kappa shape index (κ3) is 3.46. The molecule has 124 valence electrons. The molecular weight excluding hydrogens is 302 g/mol. The van der Waals surface area contributed by atoms with Crippen molar-refractivity contribution in [2.75, 3.05) is 11.5 Å². The lowest BCUT2D eigenvalue weighted by Gasteiger charge is -2.25. The second-order valence-corrected chi connectivity index (χ2v) is 6.06. The van der Waals surface area contributed by atoms with Crippen molar-refractivity contribution in [1.29, 1.82) is 0 Å². The number of nitrogens with two attached hydrogens (primary N) is 2. The lowest BCUT2D eigenvalue weighted by atomic mass is 10.1. The molecule has 0 unspecified atom stereocenters. The van der Waals surface area contributed by atoms with E-state index < -0.39 is 5.60 Å². The molecule has 5 nitrogen and oxygen atoms in total. The van der Waals surface area contributed by atoms with Crippen LogP contribution in [0, 0.1) is 0 Å². The maximum atomic E-state index is 6.06. The molecule has 0 fully saturated rings. The van der Waals surface area contributed by atoms with Gasteiger partial charge in [-0.3, -0.25) is 0 Å². The number of aromatic amines is 1. The number of nitrogen functional groups attached to an aromatic ring is 2. The molecule has 5 heteroatoms. The van der Waals surface area contributed by atoms with Gasteiger partial charge in [0.2, 0.25) is 0 Å². The Kier molecular flexibility index (Phi) is 4.08. The van der Waals surface area contributed by atoms with Crippen LogP contribution < -0.4 is 20.9 Å². The van der Waals surface area contributed by atoms with Gasteiger partial charge in [0.25, 0.3) is 0 Å². The van der Waals surface area contributed by atoms with Crippen molar-refractivity contribution in [1.82, 2.24) is 4.98 Å². The number of H-pyrrole nitrogens is 1. The number of rotatable bonds is 5. The summed E-state index contributed by atoms with van der Waals surface area (Å²) in [6, 6.07) is 16.6. The predicted molar refractivity (Wildman–Crippen MR) is 96.2 cm³/mol. The summed E-state index contributed by atoms with van der Waals surface area (Å²) in [5.74, 6) is 2.10. The Morgan fingerprint density at radius 3 is 2.12 bits per heavy atom. The van der Waals surface area contributed by atoms with Crippen LogP contribution in [-0.4, -0.2) is 4.98 Å². The van der Waals surface area contributed by atoms with Crippen molar-refractivity contribution in [3.63, 3.8) is 0 Å². The minimum Gasteiger partial charge on any atom is -0.482 e. The van der Waals surface area contributed by atoms with E-state index in [2.05, 4.69) is 4.98 Å². The molecule has 3 aromatic rings. The SMILES string of the molecule is CC(C)(Oc1ccc(Oc2ccc(N)c(N)c2)cc1)c1ccc[nH]1. The first-order chi connectivity index (χ1) is 11.4. The molecule has 1 heterocycles. The van der Waals surface area contributed by atoms with E-state index in [1.165, 1.54) is 0 Å². The van der Waals surface area contributed by atoms with Crippen LogP contribution in [0.2, 0.25) is 0 Å². The maximum absolute atomic E-state index is 6.06. The fourth-order valence-corrected chi connectivity index (χ4v) is 2.38. The summed E-state index contributed by atoms with van der Waals surface area (Å²) in [5, 5.41) is 0. The predicted octanol–water partition coefficient (Wildman–Crippen LogP) is 4.29. The molecule has 24 heavy (non-hydrogen) atoms. The van der Waals surface area contributed by atoms with Crippen LogP contribution in [0.25, 0.3) is 0 Å². The first-order valence-electron chi connectivity index (χ1n) is 7.70. The number of ether oxygens (including phenoxy) is 2. The first-order valence-corrected chi connectivity index (χ1v) is 7.70. The molecule has 0 saturated carbocycles. The summed E-state index contributed by atoms with van der Waals surface area (Å²) in [6.07, 6.45) is 1.88. The van der Waals surface area contributed by atoms with Crippen molar-refractivity contribution in [2.24, 2.45) is 0 Å². The summed E-state index contributed by atoms with van der Waals surface area (Å²) in [5.41, 5.74) is 13.1. The molecule has 0 amide bonds. The molecule has 0 saturated heterocycles. The van der Waals surface area contributed by atoms with E-state index in [1.807, 2.05) is 56.4 Å². The van der Waals surface area contributed by atoms with Crippen LogP contribution in [0.5, 0.6) is 17.2 Å². The zero-order chi connectivity index (χ0) is 17.2. The van der Waals surface area contributed by atoms with Crippen LogP contribution in [0.3, 0.4) is 0 Å². The van der Waals surface area contributed by atoms with Gasteiger partial charge in [0, 0.05) is 12.3 Å². The topological polar surface area (TPSA) is 86.3 Å². The van der Waals surface area contributed by atoms with E-state index in [0.717, 1.165) is 11.4 Å². The molecule has 0 atom stereocenters. The molecule has 5 N–H and O–H groups in total. The van der Waals surface area contributed by atoms with E-state index in [1.54, 1.807) is 18.2 Å². The summed E-state index contributed by atoms with van der Waals surface area (Å²) in [7, 11) is 0. The van der Waals surface area contributed by atoms with Gasteiger partial charge in [-0.2, -0.15) is 0 Å². The summed E-state index contributed by atoms with van der Waals surface area (Å²) < 4.78 is 11.8. The highest BCUT2D eigenvalue weighted by Gasteiger charge is 2.23. The number of hydrogen-bond acceptors (Lipinski definition) is 4. The third-order valence-corrected chi connectivity index (χ3v) is 3.74. The molecule has 0 aliphatic rings. The quantitative estimate of drug-likeness (QED) is 0.611. The summed E-state index contributed by atoms with van der Waals surface area (Å²) in [6.45, 7) is 4.03. The highest BCUT2D eigenvalue weighted by Crippen LogP contribution is 2.30. The van der Waals surface area contributed by atoms with Crippen molar-refractivity contribution in [3.05, 3.63) is 66.5 Å². The smallest absolute Gasteiger partial charge is 0.143 e. The third-order valence-electron chi connectivity index (χ3n) is 3.74. The Morgan fingerprint density at radius 2 is 1.50 bits per heavy atom. The van der Waals surface area contributed by atoms with Gasteiger partial charge in [-0.05, 0) is 62.4 Å². The van der Waals surface area contributed by atoms with E-state index in [0.29, 0.717) is 22.9 Å². The Labute approximate surface area is 141 Å². The fraction of sp³-hybridized carbons (Fsp3) is 0.158. The van der Waals surface area contributed by atoms with E-state index in [4.69, 9.17) is 20.9 Å². The van der Waals surface area contributed by atoms with Crippen LogP contribution in [0.1, 0.15) is 19.5 Å². The second kappa shape index (κ2) is 6.20. The van der Waals surface area contributed by atoms with Gasteiger partial charge in [-0.15, -0.1) is 0 Å². The Balaban J connectivity index is 1.70. The average Bonchev–Trinajstić information content (AvgIpc) is 3.08. The maximum Gasteiger partial charge on any atom is 0.143 e. The lowest BCUT2D eigenvalue weighted by Crippen LogP contribution is -2.25. The van der Waals surface area contributed by atoms with Crippen LogP contribution in [0.15, 0.2) is 60.8 Å². The molecule has 2 aromatic carbocycles. The van der Waals surface area contributed by atoms with Crippen LogP contribution in [0.4, 0.5) is 11.4 Å². The van der Waals surface area contributed by atoms with Crippen LogP contribution in [-0.2, 0) is 5.60 Å². The standard InChI is InChI=1S/C19H21N3O2/c1-19(2,18-4-3-11-22-18)24-14-7-5-13(6-8-14)23-15-9-10-16(20)17(21)12-15/h3-12,22H,20-21H2,1-2H3.